The summed E-state index contributed by atoms with van der Waals surface area (Å²) in [7, 11) is 0. The summed E-state index contributed by atoms with van der Waals surface area (Å²) in [6.07, 6.45) is 2.71. The maximum atomic E-state index is 12.5. The molecule has 3 aromatic carbocycles. The minimum atomic E-state index is -1.08. The molecule has 0 fully saturated rings. The summed E-state index contributed by atoms with van der Waals surface area (Å²) in [5.41, 5.74) is 5.22. The Morgan fingerprint density at radius 2 is 1.65 bits per heavy atom. The molecule has 2 heterocycles. The molecule has 0 amide bonds. The van der Waals surface area contributed by atoms with Crippen molar-refractivity contribution in [3.8, 4) is 11.6 Å². The second-order valence-electron chi connectivity index (χ2n) is 8.41. The molecule has 1 aromatic heterocycles. The van der Waals surface area contributed by atoms with Gasteiger partial charge in [0.2, 0.25) is 5.88 Å². The van der Waals surface area contributed by atoms with Crippen LogP contribution in [0.3, 0.4) is 0 Å². The highest BCUT2D eigenvalue weighted by atomic mass is 16.6. The van der Waals surface area contributed by atoms with E-state index in [0.717, 1.165) is 28.8 Å². The fourth-order valence-electron chi connectivity index (χ4n) is 4.58. The number of aromatic nitrogens is 2. The molecule has 0 bridgehead atoms. The summed E-state index contributed by atoms with van der Waals surface area (Å²) in [5.74, 6) is 0.290. The minimum Gasteiger partial charge on any atom is -0.436 e. The first kappa shape index (κ1) is 21.6. The number of ether oxygens (including phenoxy) is 1. The van der Waals surface area contributed by atoms with Crippen molar-refractivity contribution in [1.29, 1.82) is 0 Å². The van der Waals surface area contributed by atoms with Gasteiger partial charge in [0.05, 0.1) is 22.9 Å². The molecule has 0 unspecified atom stereocenters. The topological polar surface area (TPSA) is 70.2 Å². The zero-order valence-electron chi connectivity index (χ0n) is 19.1. The van der Waals surface area contributed by atoms with Gasteiger partial charge in [-0.2, -0.15) is 5.10 Å². The molecule has 0 radical (unpaired) electrons. The van der Waals surface area contributed by atoms with Crippen LogP contribution in [0.15, 0.2) is 90.7 Å². The van der Waals surface area contributed by atoms with Crippen molar-refractivity contribution in [2.45, 2.75) is 32.2 Å². The van der Waals surface area contributed by atoms with Gasteiger partial charge < -0.3 is 4.74 Å². The summed E-state index contributed by atoms with van der Waals surface area (Å²) in [5, 5.41) is 17.2. The molecule has 0 N–H and O–H groups in total. The summed E-state index contributed by atoms with van der Waals surface area (Å²) < 4.78 is 8.09. The highest BCUT2D eigenvalue weighted by Gasteiger charge is 2.47. The Kier molecular flexibility index (Phi) is 5.72. The van der Waals surface area contributed by atoms with E-state index in [1.165, 1.54) is 5.56 Å². The van der Waals surface area contributed by atoms with Gasteiger partial charge in [0.25, 0.3) is 6.04 Å². The average molecular weight is 452 g/mol. The van der Waals surface area contributed by atoms with E-state index in [1.807, 2.05) is 91.9 Å². The molecular formula is C28H25N3O3. The molecule has 0 spiro atoms. The number of rotatable bonds is 5. The standard InChI is InChI=1S/C28H25N3O3/c1-3-20-14-16-21(17-15-20)18-24-27(31(32)33)26(22-10-6-4-7-11-22)25-19(2)29-30(28(25)34-24)23-12-8-5-9-13-23/h4-18,26-27H,3H2,1-2H3/b24-18-/t26-,27-/m1/s1. The van der Waals surface area contributed by atoms with E-state index < -0.39 is 12.0 Å². The van der Waals surface area contributed by atoms with Crippen molar-refractivity contribution in [3.63, 3.8) is 0 Å². The monoisotopic (exact) mass is 451 g/mol. The van der Waals surface area contributed by atoms with Crippen molar-refractivity contribution in [2.24, 2.45) is 0 Å². The number of para-hydroxylation sites is 1. The second-order valence-corrected chi connectivity index (χ2v) is 8.41. The fourth-order valence-corrected chi connectivity index (χ4v) is 4.58. The fraction of sp³-hybridized carbons (Fsp3) is 0.179. The van der Waals surface area contributed by atoms with Crippen LogP contribution in [-0.2, 0) is 6.42 Å². The molecule has 1 aliphatic heterocycles. The van der Waals surface area contributed by atoms with Crippen molar-refractivity contribution in [1.82, 2.24) is 9.78 Å². The van der Waals surface area contributed by atoms with Crippen molar-refractivity contribution >= 4 is 6.08 Å². The normalized spacial score (nSPS) is 18.4. The molecule has 170 valence electrons. The third-order valence-electron chi connectivity index (χ3n) is 6.28. The van der Waals surface area contributed by atoms with E-state index in [4.69, 9.17) is 9.84 Å². The molecule has 5 rings (SSSR count). The van der Waals surface area contributed by atoms with Crippen LogP contribution < -0.4 is 4.74 Å². The lowest BCUT2D eigenvalue weighted by molar-refractivity contribution is -0.519. The number of hydrogen-bond donors (Lipinski definition) is 0. The number of aryl methyl sites for hydroxylation is 2. The van der Waals surface area contributed by atoms with Crippen molar-refractivity contribution in [2.75, 3.05) is 0 Å². The Bertz CT molecular complexity index is 1340. The quantitative estimate of drug-likeness (QED) is 0.278. The first-order valence-electron chi connectivity index (χ1n) is 11.4. The molecule has 4 aromatic rings. The lowest BCUT2D eigenvalue weighted by Crippen LogP contribution is -2.36. The molecular weight excluding hydrogens is 426 g/mol. The maximum Gasteiger partial charge on any atom is 0.280 e. The highest BCUT2D eigenvalue weighted by Crippen LogP contribution is 2.46. The molecule has 34 heavy (non-hydrogen) atoms. The number of nitro groups is 1. The summed E-state index contributed by atoms with van der Waals surface area (Å²) in [6, 6.07) is 26.2. The zero-order valence-corrected chi connectivity index (χ0v) is 19.1. The van der Waals surface area contributed by atoms with Crippen LogP contribution in [0.4, 0.5) is 0 Å². The van der Waals surface area contributed by atoms with Gasteiger partial charge in [-0.25, -0.2) is 4.68 Å². The van der Waals surface area contributed by atoms with E-state index in [2.05, 4.69) is 6.92 Å². The van der Waals surface area contributed by atoms with Crippen molar-refractivity contribution < 1.29 is 9.66 Å². The van der Waals surface area contributed by atoms with Gasteiger partial charge >= 0.3 is 0 Å². The molecule has 0 aliphatic carbocycles. The second kappa shape index (κ2) is 8.98. The third-order valence-corrected chi connectivity index (χ3v) is 6.28. The number of hydrogen-bond acceptors (Lipinski definition) is 4. The Balaban J connectivity index is 1.73. The molecule has 6 heteroatoms. The predicted molar refractivity (Wildman–Crippen MR) is 132 cm³/mol. The van der Waals surface area contributed by atoms with Gasteiger partial charge in [-0.05, 0) is 48.2 Å². The first-order chi connectivity index (χ1) is 16.6. The highest BCUT2D eigenvalue weighted by molar-refractivity contribution is 5.58. The SMILES string of the molecule is CCc1ccc(/C=C2\Oc3c(c(C)nn3-c3ccccc3)[C@@H](c3ccccc3)[C@@H]2[N+](=O)[O-])cc1. The van der Waals surface area contributed by atoms with Crippen LogP contribution in [0.1, 0.15) is 40.8 Å². The lowest BCUT2D eigenvalue weighted by atomic mass is 9.82. The lowest BCUT2D eigenvalue weighted by Gasteiger charge is -2.29. The maximum absolute atomic E-state index is 12.5. The Hall–Kier alpha value is -4.19. The van der Waals surface area contributed by atoms with Gasteiger partial charge in [0.1, 0.15) is 0 Å². The van der Waals surface area contributed by atoms with E-state index in [0.29, 0.717) is 17.3 Å². The summed E-state index contributed by atoms with van der Waals surface area (Å²) in [4.78, 5) is 12.3. The smallest absolute Gasteiger partial charge is 0.280 e. The van der Waals surface area contributed by atoms with Gasteiger partial charge in [0.15, 0.2) is 5.76 Å². The van der Waals surface area contributed by atoms with E-state index in [1.54, 1.807) is 10.8 Å². The first-order valence-corrected chi connectivity index (χ1v) is 11.4. The van der Waals surface area contributed by atoms with Gasteiger partial charge in [0, 0.05) is 4.92 Å². The zero-order chi connectivity index (χ0) is 23.7. The van der Waals surface area contributed by atoms with E-state index in [9.17, 15) is 10.1 Å². The average Bonchev–Trinajstić information content (AvgIpc) is 3.20. The molecule has 6 nitrogen and oxygen atoms in total. The third kappa shape index (κ3) is 3.88. The number of nitrogens with zero attached hydrogens (tertiary/aromatic N) is 3. The molecule has 0 saturated heterocycles. The van der Waals surface area contributed by atoms with E-state index in [-0.39, 0.29) is 4.92 Å². The van der Waals surface area contributed by atoms with Crippen LogP contribution >= 0.6 is 0 Å². The van der Waals surface area contributed by atoms with Crippen LogP contribution in [0.25, 0.3) is 11.8 Å². The Labute approximate surface area is 198 Å². The van der Waals surface area contributed by atoms with Gasteiger partial charge in [-0.1, -0.05) is 79.7 Å². The minimum absolute atomic E-state index is 0.244. The van der Waals surface area contributed by atoms with Crippen LogP contribution in [0.5, 0.6) is 5.88 Å². The number of benzene rings is 3. The summed E-state index contributed by atoms with van der Waals surface area (Å²) in [6.45, 7) is 3.98. The largest absolute Gasteiger partial charge is 0.436 e. The van der Waals surface area contributed by atoms with Crippen LogP contribution in [-0.4, -0.2) is 20.7 Å². The van der Waals surface area contributed by atoms with Crippen molar-refractivity contribution in [3.05, 3.63) is 129 Å². The van der Waals surface area contributed by atoms with E-state index >= 15 is 0 Å². The Morgan fingerprint density at radius 1 is 1.00 bits per heavy atom. The van der Waals surface area contributed by atoms with Gasteiger partial charge in [-0.15, -0.1) is 0 Å². The molecule has 0 saturated carbocycles. The number of fused-ring (bicyclic) bond motifs is 1. The van der Waals surface area contributed by atoms with Gasteiger partial charge in [-0.3, -0.25) is 10.1 Å². The molecule has 1 aliphatic rings. The Morgan fingerprint density at radius 3 is 2.26 bits per heavy atom. The summed E-state index contributed by atoms with van der Waals surface area (Å²) >= 11 is 0. The molecule has 2 atom stereocenters. The predicted octanol–water partition coefficient (Wildman–Crippen LogP) is 5.95. The van der Waals surface area contributed by atoms with Crippen LogP contribution in [0.2, 0.25) is 0 Å². The van der Waals surface area contributed by atoms with Crippen LogP contribution in [0, 0.1) is 17.0 Å².